The molecule has 0 radical (unpaired) electrons. The summed E-state index contributed by atoms with van der Waals surface area (Å²) in [4.78, 5) is 30.9. The van der Waals surface area contributed by atoms with Crippen molar-refractivity contribution in [1.29, 1.82) is 0 Å². The highest BCUT2D eigenvalue weighted by Crippen LogP contribution is 2.25. The fraction of sp³-hybridized carbons (Fsp3) is 0.600. The van der Waals surface area contributed by atoms with E-state index in [-0.39, 0.29) is 11.8 Å². The third-order valence-corrected chi connectivity index (χ3v) is 5.94. The van der Waals surface area contributed by atoms with Crippen LogP contribution in [0.3, 0.4) is 0 Å². The van der Waals surface area contributed by atoms with Crippen molar-refractivity contribution in [3.05, 3.63) is 29.8 Å². The van der Waals surface area contributed by atoms with Crippen molar-refractivity contribution in [3.8, 4) is 0 Å². The second-order valence-corrected chi connectivity index (χ2v) is 7.46. The van der Waals surface area contributed by atoms with Crippen LogP contribution in [0.1, 0.15) is 48.9 Å². The highest BCUT2D eigenvalue weighted by molar-refractivity contribution is 5.97. The first-order valence-corrected chi connectivity index (χ1v) is 9.66. The Balaban J connectivity index is 1.35. The molecule has 0 spiro atoms. The molecular weight excluding hydrogens is 314 g/mol. The topological polar surface area (TPSA) is 43.9 Å². The molecular formula is C20H27N3O2. The third kappa shape index (κ3) is 3.43. The molecule has 0 bridgehead atoms. The van der Waals surface area contributed by atoms with E-state index in [0.717, 1.165) is 56.4 Å². The maximum absolute atomic E-state index is 12.8. The molecule has 3 aliphatic rings. The number of benzene rings is 1. The molecule has 2 aliphatic heterocycles. The van der Waals surface area contributed by atoms with Crippen molar-refractivity contribution in [2.75, 3.05) is 37.6 Å². The fourth-order valence-electron chi connectivity index (χ4n) is 4.45. The van der Waals surface area contributed by atoms with E-state index >= 15 is 0 Å². The summed E-state index contributed by atoms with van der Waals surface area (Å²) in [6.45, 7) is 4.42. The highest BCUT2D eigenvalue weighted by Gasteiger charge is 2.28. The zero-order valence-electron chi connectivity index (χ0n) is 14.8. The third-order valence-electron chi connectivity index (χ3n) is 5.94. The lowest BCUT2D eigenvalue weighted by Gasteiger charge is -2.38. The van der Waals surface area contributed by atoms with Crippen molar-refractivity contribution < 1.29 is 9.59 Å². The van der Waals surface area contributed by atoms with Gasteiger partial charge in [-0.25, -0.2) is 0 Å². The van der Waals surface area contributed by atoms with Crippen molar-refractivity contribution in [2.45, 2.75) is 44.6 Å². The SMILES string of the molecule is O=C(c1ccc(N2CCCC2=O)cc1)N1CCN(C2CCCC2)CC1. The highest BCUT2D eigenvalue weighted by atomic mass is 16.2. The smallest absolute Gasteiger partial charge is 0.253 e. The Labute approximate surface area is 149 Å². The Kier molecular flexibility index (Phi) is 4.75. The van der Waals surface area contributed by atoms with Crippen molar-refractivity contribution in [2.24, 2.45) is 0 Å². The van der Waals surface area contributed by atoms with Crippen LogP contribution in [0, 0.1) is 0 Å². The molecule has 5 heteroatoms. The largest absolute Gasteiger partial charge is 0.336 e. The molecule has 0 N–H and O–H groups in total. The first-order valence-electron chi connectivity index (χ1n) is 9.66. The number of piperazine rings is 1. The summed E-state index contributed by atoms with van der Waals surface area (Å²) in [5, 5.41) is 0. The molecule has 5 nitrogen and oxygen atoms in total. The van der Waals surface area contributed by atoms with Crippen molar-refractivity contribution >= 4 is 17.5 Å². The molecule has 1 aromatic rings. The quantitative estimate of drug-likeness (QED) is 0.848. The van der Waals surface area contributed by atoms with Crippen LogP contribution >= 0.6 is 0 Å². The van der Waals surface area contributed by atoms with Gasteiger partial charge in [0.2, 0.25) is 5.91 Å². The monoisotopic (exact) mass is 341 g/mol. The number of anilines is 1. The second-order valence-electron chi connectivity index (χ2n) is 7.46. The summed E-state index contributed by atoms with van der Waals surface area (Å²) in [6, 6.07) is 8.30. The normalized spacial score (nSPS) is 22.8. The van der Waals surface area contributed by atoms with Gasteiger partial charge in [-0.05, 0) is 43.5 Å². The van der Waals surface area contributed by atoms with Gasteiger partial charge in [0.15, 0.2) is 0 Å². The molecule has 2 heterocycles. The first-order chi connectivity index (χ1) is 12.2. The molecule has 134 valence electrons. The molecule has 1 saturated carbocycles. The van der Waals surface area contributed by atoms with Crippen LogP contribution < -0.4 is 4.90 Å². The minimum absolute atomic E-state index is 0.116. The minimum atomic E-state index is 0.116. The second kappa shape index (κ2) is 7.16. The molecule has 1 aromatic carbocycles. The maximum Gasteiger partial charge on any atom is 0.253 e. The summed E-state index contributed by atoms with van der Waals surface area (Å²) in [6.07, 6.45) is 6.91. The van der Waals surface area contributed by atoms with Crippen molar-refractivity contribution in [3.63, 3.8) is 0 Å². The molecule has 2 saturated heterocycles. The number of carbonyl (C=O) groups excluding carboxylic acids is 2. The Hall–Kier alpha value is -1.88. The first kappa shape index (κ1) is 16.6. The van der Waals surface area contributed by atoms with Crippen LogP contribution in [-0.2, 0) is 4.79 Å². The molecule has 0 unspecified atom stereocenters. The van der Waals surface area contributed by atoms with Gasteiger partial charge in [0.25, 0.3) is 5.91 Å². The molecule has 3 fully saturated rings. The lowest BCUT2D eigenvalue weighted by molar-refractivity contribution is -0.117. The van der Waals surface area contributed by atoms with Gasteiger partial charge in [0.05, 0.1) is 0 Å². The number of carbonyl (C=O) groups is 2. The fourth-order valence-corrected chi connectivity index (χ4v) is 4.45. The van der Waals surface area contributed by atoms with E-state index in [0.29, 0.717) is 6.42 Å². The molecule has 0 aromatic heterocycles. The Bertz CT molecular complexity index is 629. The summed E-state index contributed by atoms with van der Waals surface area (Å²) in [5.74, 6) is 0.299. The minimum Gasteiger partial charge on any atom is -0.336 e. The van der Waals surface area contributed by atoms with Crippen LogP contribution in [0.5, 0.6) is 0 Å². The van der Waals surface area contributed by atoms with Gasteiger partial charge in [0, 0.05) is 56.4 Å². The van der Waals surface area contributed by atoms with Gasteiger partial charge in [-0.3, -0.25) is 14.5 Å². The number of hydrogen-bond acceptors (Lipinski definition) is 3. The summed E-state index contributed by atoms with van der Waals surface area (Å²) < 4.78 is 0. The predicted octanol–water partition coefficient (Wildman–Crippen LogP) is 2.51. The Morgan fingerprint density at radius 1 is 0.880 bits per heavy atom. The average Bonchev–Trinajstić information content (AvgIpc) is 3.33. The molecule has 4 rings (SSSR count). The van der Waals surface area contributed by atoms with Gasteiger partial charge in [-0.15, -0.1) is 0 Å². The lowest BCUT2D eigenvalue weighted by atomic mass is 10.1. The average molecular weight is 341 g/mol. The van der Waals surface area contributed by atoms with Crippen LogP contribution in [0.15, 0.2) is 24.3 Å². The van der Waals surface area contributed by atoms with Crippen LogP contribution in [0.25, 0.3) is 0 Å². The standard InChI is InChI=1S/C20H27N3O2/c24-19-6-3-11-23(19)18-9-7-16(8-10-18)20(25)22-14-12-21(13-15-22)17-4-1-2-5-17/h7-10,17H,1-6,11-15H2. The number of hydrogen-bond donors (Lipinski definition) is 0. The number of amides is 2. The van der Waals surface area contributed by atoms with Crippen LogP contribution in [-0.4, -0.2) is 60.4 Å². The van der Waals surface area contributed by atoms with Crippen molar-refractivity contribution in [1.82, 2.24) is 9.80 Å². The van der Waals surface area contributed by atoms with E-state index in [2.05, 4.69) is 4.90 Å². The summed E-state index contributed by atoms with van der Waals surface area (Å²) in [5.41, 5.74) is 1.63. The van der Waals surface area contributed by atoms with Gasteiger partial charge in [-0.1, -0.05) is 12.8 Å². The van der Waals surface area contributed by atoms with Gasteiger partial charge in [-0.2, -0.15) is 0 Å². The van der Waals surface area contributed by atoms with Gasteiger partial charge >= 0.3 is 0 Å². The predicted molar refractivity (Wildman–Crippen MR) is 97.8 cm³/mol. The van der Waals surface area contributed by atoms with Crippen LogP contribution in [0.2, 0.25) is 0 Å². The molecule has 0 atom stereocenters. The zero-order chi connectivity index (χ0) is 17.2. The van der Waals surface area contributed by atoms with E-state index in [9.17, 15) is 9.59 Å². The Morgan fingerprint density at radius 2 is 1.56 bits per heavy atom. The molecule has 1 aliphatic carbocycles. The van der Waals surface area contributed by atoms with E-state index in [1.54, 1.807) is 0 Å². The Morgan fingerprint density at radius 3 is 2.16 bits per heavy atom. The summed E-state index contributed by atoms with van der Waals surface area (Å²) >= 11 is 0. The zero-order valence-corrected chi connectivity index (χ0v) is 14.8. The number of rotatable bonds is 3. The van der Waals surface area contributed by atoms with E-state index in [1.165, 1.54) is 25.7 Å². The maximum atomic E-state index is 12.8. The lowest BCUT2D eigenvalue weighted by Crippen LogP contribution is -2.51. The van der Waals surface area contributed by atoms with E-state index in [4.69, 9.17) is 0 Å². The summed E-state index contributed by atoms with van der Waals surface area (Å²) in [7, 11) is 0. The molecule has 2 amide bonds. The van der Waals surface area contributed by atoms with Gasteiger partial charge < -0.3 is 9.80 Å². The van der Waals surface area contributed by atoms with Gasteiger partial charge in [0.1, 0.15) is 0 Å². The number of nitrogens with zero attached hydrogens (tertiary/aromatic N) is 3. The molecule has 25 heavy (non-hydrogen) atoms. The van der Waals surface area contributed by atoms with Crippen LogP contribution in [0.4, 0.5) is 5.69 Å². The van der Waals surface area contributed by atoms with E-state index < -0.39 is 0 Å². The van der Waals surface area contributed by atoms with E-state index in [1.807, 2.05) is 34.1 Å².